The molecule has 0 aromatic heterocycles. The molecule has 5 nitrogen and oxygen atoms in total. The van der Waals surface area contributed by atoms with Crippen LogP contribution >= 0.6 is 0 Å². The number of amides is 1. The van der Waals surface area contributed by atoms with Gasteiger partial charge in [0.2, 0.25) is 5.91 Å². The zero-order valence-electron chi connectivity index (χ0n) is 15.2. The van der Waals surface area contributed by atoms with E-state index in [4.69, 9.17) is 14.7 Å². The Morgan fingerprint density at radius 1 is 0.923 bits per heavy atom. The lowest BCUT2D eigenvalue weighted by Crippen LogP contribution is -2.17. The molecule has 0 bridgehead atoms. The van der Waals surface area contributed by atoms with Crippen LogP contribution in [0.2, 0.25) is 0 Å². The topological polar surface area (TPSA) is 67.8 Å². The summed E-state index contributed by atoms with van der Waals surface area (Å²) in [4.78, 5) is 10.9. The van der Waals surface area contributed by atoms with Crippen LogP contribution in [-0.4, -0.2) is 25.0 Å². The molecule has 0 saturated carbocycles. The van der Waals surface area contributed by atoms with E-state index in [1.807, 2.05) is 0 Å². The Morgan fingerprint density at radius 2 is 1.54 bits per heavy atom. The standard InChI is InChI=1S/C21H27NO4/c1-25-16-26-15-18-9-13-20(14-10-18)19-11-7-17(8-12-19)5-3-2-4-6-21(23)22-24/h7-14,24H,2-6,15-16H2,1H3,(H,22,23). The first-order valence-electron chi connectivity index (χ1n) is 8.91. The second-order valence-electron chi connectivity index (χ2n) is 6.24. The smallest absolute Gasteiger partial charge is 0.243 e. The van der Waals surface area contributed by atoms with Gasteiger partial charge in [0.15, 0.2) is 0 Å². The van der Waals surface area contributed by atoms with Crippen LogP contribution in [0.25, 0.3) is 11.1 Å². The summed E-state index contributed by atoms with van der Waals surface area (Å²) in [6.07, 6.45) is 4.18. The number of hydrogen-bond acceptors (Lipinski definition) is 4. The van der Waals surface area contributed by atoms with E-state index >= 15 is 0 Å². The molecule has 26 heavy (non-hydrogen) atoms. The van der Waals surface area contributed by atoms with Crippen molar-refractivity contribution in [1.82, 2.24) is 5.48 Å². The highest BCUT2D eigenvalue weighted by Crippen LogP contribution is 2.21. The summed E-state index contributed by atoms with van der Waals surface area (Å²) in [7, 11) is 1.61. The third kappa shape index (κ3) is 6.96. The molecule has 2 aromatic rings. The summed E-state index contributed by atoms with van der Waals surface area (Å²) in [5.41, 5.74) is 6.45. The van der Waals surface area contributed by atoms with Crippen LogP contribution in [0.5, 0.6) is 0 Å². The molecule has 0 aliphatic rings. The van der Waals surface area contributed by atoms with E-state index in [9.17, 15) is 4.79 Å². The Hall–Kier alpha value is -2.21. The van der Waals surface area contributed by atoms with E-state index in [1.54, 1.807) is 12.6 Å². The number of methoxy groups -OCH3 is 1. The average Bonchev–Trinajstić information content (AvgIpc) is 2.69. The molecule has 0 saturated heterocycles. The van der Waals surface area contributed by atoms with E-state index in [1.165, 1.54) is 16.7 Å². The number of benzene rings is 2. The monoisotopic (exact) mass is 357 g/mol. The highest BCUT2D eigenvalue weighted by atomic mass is 16.7. The van der Waals surface area contributed by atoms with Crippen molar-refractivity contribution >= 4 is 5.91 Å². The van der Waals surface area contributed by atoms with E-state index in [-0.39, 0.29) is 5.91 Å². The maximum absolute atomic E-state index is 10.9. The van der Waals surface area contributed by atoms with Crippen molar-refractivity contribution in [1.29, 1.82) is 0 Å². The number of aryl methyl sites for hydroxylation is 1. The van der Waals surface area contributed by atoms with E-state index < -0.39 is 0 Å². The molecule has 0 aliphatic carbocycles. The first-order chi connectivity index (χ1) is 12.7. The van der Waals surface area contributed by atoms with Gasteiger partial charge >= 0.3 is 0 Å². The number of unbranched alkanes of at least 4 members (excludes halogenated alkanes) is 2. The molecule has 0 unspecified atom stereocenters. The van der Waals surface area contributed by atoms with Crippen molar-refractivity contribution in [3.05, 3.63) is 59.7 Å². The first-order valence-corrected chi connectivity index (χ1v) is 8.91. The Balaban J connectivity index is 1.78. The van der Waals surface area contributed by atoms with Gasteiger partial charge in [-0.25, -0.2) is 5.48 Å². The minimum absolute atomic E-state index is 0.303. The van der Waals surface area contributed by atoms with Crippen molar-refractivity contribution in [3.8, 4) is 11.1 Å². The summed E-state index contributed by atoms with van der Waals surface area (Å²) in [5.74, 6) is -0.314. The minimum Gasteiger partial charge on any atom is -0.359 e. The van der Waals surface area contributed by atoms with Crippen molar-refractivity contribution in [3.63, 3.8) is 0 Å². The summed E-state index contributed by atoms with van der Waals surface area (Å²) < 4.78 is 10.2. The molecule has 2 aromatic carbocycles. The van der Waals surface area contributed by atoms with Gasteiger partial charge in [-0.15, -0.1) is 0 Å². The zero-order valence-corrected chi connectivity index (χ0v) is 15.2. The first kappa shape index (κ1) is 20.1. The zero-order chi connectivity index (χ0) is 18.6. The van der Waals surface area contributed by atoms with Gasteiger partial charge in [-0.2, -0.15) is 0 Å². The predicted octanol–water partition coefficient (Wildman–Crippen LogP) is 4.08. The fourth-order valence-electron chi connectivity index (χ4n) is 2.75. The Bertz CT molecular complexity index is 653. The maximum atomic E-state index is 10.9. The lowest BCUT2D eigenvalue weighted by atomic mass is 10.0. The predicted molar refractivity (Wildman–Crippen MR) is 101 cm³/mol. The highest BCUT2D eigenvalue weighted by Gasteiger charge is 2.01. The van der Waals surface area contributed by atoms with Crippen LogP contribution in [0.1, 0.15) is 36.8 Å². The molecule has 140 valence electrons. The number of ether oxygens (including phenoxy) is 2. The van der Waals surface area contributed by atoms with Crippen LogP contribution in [0.15, 0.2) is 48.5 Å². The molecule has 1 amide bonds. The number of nitrogens with one attached hydrogen (secondary N) is 1. The second kappa shape index (κ2) is 11.4. The molecule has 0 atom stereocenters. The van der Waals surface area contributed by atoms with Crippen molar-refractivity contribution in [2.75, 3.05) is 13.9 Å². The van der Waals surface area contributed by atoms with Gasteiger partial charge in [0.1, 0.15) is 6.79 Å². The number of hydroxylamine groups is 1. The molecule has 0 heterocycles. The largest absolute Gasteiger partial charge is 0.359 e. The van der Waals surface area contributed by atoms with E-state index in [2.05, 4.69) is 48.5 Å². The molecule has 0 aliphatic heterocycles. The molecule has 2 rings (SSSR count). The average molecular weight is 357 g/mol. The molecule has 0 spiro atoms. The second-order valence-corrected chi connectivity index (χ2v) is 6.24. The quantitative estimate of drug-likeness (QED) is 0.275. The molecule has 2 N–H and O–H groups in total. The molecule has 0 fully saturated rings. The summed E-state index contributed by atoms with van der Waals surface area (Å²) in [5, 5.41) is 8.44. The van der Waals surface area contributed by atoms with Crippen molar-refractivity contribution in [2.24, 2.45) is 0 Å². The van der Waals surface area contributed by atoms with Gasteiger partial charge in [0, 0.05) is 13.5 Å². The Kier molecular flexibility index (Phi) is 8.83. The van der Waals surface area contributed by atoms with Crippen LogP contribution in [0.4, 0.5) is 0 Å². The van der Waals surface area contributed by atoms with Crippen molar-refractivity contribution < 1.29 is 19.5 Å². The van der Waals surface area contributed by atoms with Crippen LogP contribution in [0.3, 0.4) is 0 Å². The lowest BCUT2D eigenvalue weighted by Gasteiger charge is -2.07. The van der Waals surface area contributed by atoms with E-state index in [0.717, 1.165) is 31.2 Å². The number of rotatable bonds is 11. The van der Waals surface area contributed by atoms with Gasteiger partial charge < -0.3 is 9.47 Å². The maximum Gasteiger partial charge on any atom is 0.243 e. The number of carbonyl (C=O) groups is 1. The summed E-state index contributed by atoms with van der Waals surface area (Å²) in [6.45, 7) is 0.852. The Labute approximate surface area is 154 Å². The molecular weight excluding hydrogens is 330 g/mol. The normalized spacial score (nSPS) is 10.7. The fourth-order valence-corrected chi connectivity index (χ4v) is 2.75. The SMILES string of the molecule is COCOCc1ccc(-c2ccc(CCCCCC(=O)NO)cc2)cc1. The van der Waals surface area contributed by atoms with Crippen molar-refractivity contribution in [2.45, 2.75) is 38.7 Å². The summed E-state index contributed by atoms with van der Waals surface area (Å²) in [6, 6.07) is 17.0. The van der Waals surface area contributed by atoms with Gasteiger partial charge in [0.05, 0.1) is 6.61 Å². The number of carbonyl (C=O) groups excluding carboxylic acids is 1. The summed E-state index contributed by atoms with van der Waals surface area (Å²) >= 11 is 0. The third-order valence-corrected chi connectivity index (χ3v) is 4.21. The van der Waals surface area contributed by atoms with Gasteiger partial charge in [0.25, 0.3) is 0 Å². The molecular formula is C21H27NO4. The van der Waals surface area contributed by atoms with Gasteiger partial charge in [-0.05, 0) is 41.5 Å². The van der Waals surface area contributed by atoms with E-state index in [0.29, 0.717) is 19.8 Å². The molecule has 0 radical (unpaired) electrons. The lowest BCUT2D eigenvalue weighted by molar-refractivity contribution is -0.129. The number of hydrogen-bond donors (Lipinski definition) is 2. The highest BCUT2D eigenvalue weighted by molar-refractivity contribution is 5.74. The minimum atomic E-state index is -0.314. The van der Waals surface area contributed by atoms with Crippen LogP contribution in [-0.2, 0) is 27.3 Å². The van der Waals surface area contributed by atoms with Gasteiger partial charge in [-0.3, -0.25) is 10.0 Å². The van der Waals surface area contributed by atoms with Gasteiger partial charge in [-0.1, -0.05) is 55.0 Å². The fraction of sp³-hybridized carbons (Fsp3) is 0.381. The van der Waals surface area contributed by atoms with Crippen LogP contribution in [0, 0.1) is 0 Å². The third-order valence-electron chi connectivity index (χ3n) is 4.21. The Morgan fingerprint density at radius 3 is 2.12 bits per heavy atom. The molecule has 5 heteroatoms. The van der Waals surface area contributed by atoms with Crippen LogP contribution < -0.4 is 5.48 Å².